The molecule has 0 N–H and O–H groups in total. The first kappa shape index (κ1) is 20.0. The summed E-state index contributed by atoms with van der Waals surface area (Å²) >= 11 is 0. The van der Waals surface area contributed by atoms with E-state index in [1.165, 1.54) is 26.0 Å². The Morgan fingerprint density at radius 1 is 1.00 bits per heavy atom. The van der Waals surface area contributed by atoms with E-state index < -0.39 is 5.82 Å². The van der Waals surface area contributed by atoms with E-state index in [2.05, 4.69) is 0 Å². The Kier molecular flexibility index (Phi) is 5.98. The average Bonchev–Trinajstić information content (AvgIpc) is 3.58. The fraction of sp³-hybridized carbons (Fsp3) is 0.240. The average molecular weight is 405 g/mol. The fourth-order valence-corrected chi connectivity index (χ4v) is 3.38. The van der Waals surface area contributed by atoms with Crippen molar-refractivity contribution in [2.45, 2.75) is 19.4 Å². The molecule has 0 bridgehead atoms. The summed E-state index contributed by atoms with van der Waals surface area (Å²) in [6.07, 6.45) is 2.36. The zero-order valence-corrected chi connectivity index (χ0v) is 16.9. The fourth-order valence-electron chi connectivity index (χ4n) is 3.38. The number of carbonyl (C=O) groups is 1. The number of ether oxygens (including phenoxy) is 2. The SMILES string of the molecule is COc1c(F)cccc1Oc1ccc(C(=O)N(Cc2ccccc2)CC2CC2)cc1. The summed E-state index contributed by atoms with van der Waals surface area (Å²) in [5.74, 6) is 0.958. The molecule has 0 heterocycles. The summed E-state index contributed by atoms with van der Waals surface area (Å²) in [5.41, 5.74) is 1.72. The summed E-state index contributed by atoms with van der Waals surface area (Å²) in [4.78, 5) is 15.1. The summed E-state index contributed by atoms with van der Waals surface area (Å²) in [6.45, 7) is 1.36. The molecule has 0 saturated heterocycles. The molecule has 1 amide bonds. The molecule has 5 heteroatoms. The monoisotopic (exact) mass is 405 g/mol. The van der Waals surface area contributed by atoms with Gasteiger partial charge in [-0.05, 0) is 60.7 Å². The van der Waals surface area contributed by atoms with Crippen LogP contribution in [0.15, 0.2) is 72.8 Å². The highest BCUT2D eigenvalue weighted by Crippen LogP contribution is 2.34. The van der Waals surface area contributed by atoms with Gasteiger partial charge in [0, 0.05) is 18.7 Å². The van der Waals surface area contributed by atoms with Gasteiger partial charge in [0.25, 0.3) is 5.91 Å². The van der Waals surface area contributed by atoms with Gasteiger partial charge in [0.1, 0.15) is 5.75 Å². The third-order valence-corrected chi connectivity index (χ3v) is 5.14. The smallest absolute Gasteiger partial charge is 0.254 e. The van der Waals surface area contributed by atoms with Crippen molar-refractivity contribution in [3.8, 4) is 17.2 Å². The van der Waals surface area contributed by atoms with Crippen LogP contribution in [0.3, 0.4) is 0 Å². The van der Waals surface area contributed by atoms with E-state index in [1.807, 2.05) is 35.2 Å². The van der Waals surface area contributed by atoms with Gasteiger partial charge < -0.3 is 14.4 Å². The van der Waals surface area contributed by atoms with E-state index in [-0.39, 0.29) is 17.4 Å². The number of rotatable bonds is 8. The molecule has 4 rings (SSSR count). The second-order valence-electron chi connectivity index (χ2n) is 7.51. The minimum absolute atomic E-state index is 0.000592. The number of hydrogen-bond acceptors (Lipinski definition) is 3. The summed E-state index contributed by atoms with van der Waals surface area (Å²) in [6, 6.07) is 21.5. The molecule has 3 aromatic rings. The van der Waals surface area contributed by atoms with Crippen LogP contribution < -0.4 is 9.47 Å². The molecule has 1 aliphatic carbocycles. The topological polar surface area (TPSA) is 38.8 Å². The zero-order valence-electron chi connectivity index (χ0n) is 16.9. The maximum Gasteiger partial charge on any atom is 0.254 e. The van der Waals surface area contributed by atoms with Gasteiger partial charge in [-0.1, -0.05) is 36.4 Å². The third-order valence-electron chi connectivity index (χ3n) is 5.14. The van der Waals surface area contributed by atoms with Crippen molar-refractivity contribution in [1.82, 2.24) is 4.90 Å². The van der Waals surface area contributed by atoms with Crippen LogP contribution in [0.5, 0.6) is 17.2 Å². The first-order chi connectivity index (χ1) is 14.6. The first-order valence-electron chi connectivity index (χ1n) is 10.1. The van der Waals surface area contributed by atoms with E-state index in [9.17, 15) is 9.18 Å². The quantitative estimate of drug-likeness (QED) is 0.484. The Labute approximate surface area is 175 Å². The molecule has 3 aromatic carbocycles. The van der Waals surface area contributed by atoms with Crippen LogP contribution in [0.1, 0.15) is 28.8 Å². The van der Waals surface area contributed by atoms with Crippen molar-refractivity contribution in [2.24, 2.45) is 5.92 Å². The molecule has 1 fully saturated rings. The van der Waals surface area contributed by atoms with Crippen molar-refractivity contribution in [1.29, 1.82) is 0 Å². The molecule has 0 atom stereocenters. The Balaban J connectivity index is 1.49. The van der Waals surface area contributed by atoms with Crippen LogP contribution >= 0.6 is 0 Å². The predicted molar refractivity (Wildman–Crippen MR) is 113 cm³/mol. The second kappa shape index (κ2) is 8.99. The molecule has 1 aliphatic rings. The molecular formula is C25H24FNO3. The number of carbonyl (C=O) groups excluding carboxylic acids is 1. The van der Waals surface area contributed by atoms with E-state index in [1.54, 1.807) is 36.4 Å². The Morgan fingerprint density at radius 2 is 1.73 bits per heavy atom. The molecule has 1 saturated carbocycles. The summed E-state index contributed by atoms with van der Waals surface area (Å²) in [7, 11) is 1.40. The third kappa shape index (κ3) is 4.79. The second-order valence-corrected chi connectivity index (χ2v) is 7.51. The van der Waals surface area contributed by atoms with Gasteiger partial charge in [-0.25, -0.2) is 4.39 Å². The van der Waals surface area contributed by atoms with Gasteiger partial charge in [0.15, 0.2) is 17.3 Å². The maximum atomic E-state index is 13.8. The van der Waals surface area contributed by atoms with Crippen molar-refractivity contribution in [2.75, 3.05) is 13.7 Å². The van der Waals surface area contributed by atoms with Crippen molar-refractivity contribution in [3.05, 3.63) is 89.7 Å². The molecule has 0 aromatic heterocycles. The number of hydrogen-bond donors (Lipinski definition) is 0. The number of para-hydroxylation sites is 1. The van der Waals surface area contributed by atoms with Gasteiger partial charge >= 0.3 is 0 Å². The lowest BCUT2D eigenvalue weighted by atomic mass is 10.1. The van der Waals surface area contributed by atoms with Gasteiger partial charge in [-0.3, -0.25) is 4.79 Å². The normalized spacial score (nSPS) is 13.0. The van der Waals surface area contributed by atoms with Crippen LogP contribution in [-0.4, -0.2) is 24.5 Å². The van der Waals surface area contributed by atoms with Crippen LogP contribution in [0.25, 0.3) is 0 Å². The lowest BCUT2D eigenvalue weighted by Crippen LogP contribution is -2.32. The predicted octanol–water partition coefficient (Wildman–Crippen LogP) is 5.68. The number of halogens is 1. The lowest BCUT2D eigenvalue weighted by Gasteiger charge is -2.23. The maximum absolute atomic E-state index is 13.8. The number of nitrogens with zero attached hydrogens (tertiary/aromatic N) is 1. The summed E-state index contributed by atoms with van der Waals surface area (Å²) < 4.78 is 24.7. The van der Waals surface area contributed by atoms with E-state index in [0.29, 0.717) is 23.8 Å². The zero-order chi connectivity index (χ0) is 20.9. The number of methoxy groups -OCH3 is 1. The molecule has 154 valence electrons. The highest BCUT2D eigenvalue weighted by atomic mass is 19.1. The summed E-state index contributed by atoms with van der Waals surface area (Å²) in [5, 5.41) is 0. The van der Waals surface area contributed by atoms with Gasteiger partial charge in [-0.2, -0.15) is 0 Å². The standard InChI is InChI=1S/C25H24FNO3/c1-29-24-22(26)8-5-9-23(24)30-21-14-12-20(13-15-21)25(28)27(17-19-10-11-19)16-18-6-3-2-4-7-18/h2-9,12-15,19H,10-11,16-17H2,1H3. The highest BCUT2D eigenvalue weighted by molar-refractivity contribution is 5.94. The van der Waals surface area contributed by atoms with Gasteiger partial charge in [-0.15, -0.1) is 0 Å². The van der Waals surface area contributed by atoms with Gasteiger partial charge in [0.2, 0.25) is 0 Å². The molecule has 0 unspecified atom stereocenters. The Hall–Kier alpha value is -3.34. The Bertz CT molecular complexity index is 1000. The molecule has 0 aliphatic heterocycles. The van der Waals surface area contributed by atoms with Crippen molar-refractivity contribution < 1.29 is 18.7 Å². The molecular weight excluding hydrogens is 381 g/mol. The molecule has 0 spiro atoms. The largest absolute Gasteiger partial charge is 0.490 e. The Morgan fingerprint density at radius 3 is 2.40 bits per heavy atom. The van der Waals surface area contributed by atoms with Crippen molar-refractivity contribution >= 4 is 5.91 Å². The van der Waals surface area contributed by atoms with E-state index in [0.717, 1.165) is 12.1 Å². The van der Waals surface area contributed by atoms with Crippen LogP contribution in [0.2, 0.25) is 0 Å². The van der Waals surface area contributed by atoms with E-state index in [4.69, 9.17) is 9.47 Å². The van der Waals surface area contributed by atoms with Crippen LogP contribution in [0.4, 0.5) is 4.39 Å². The number of benzene rings is 3. The first-order valence-corrected chi connectivity index (χ1v) is 10.1. The lowest BCUT2D eigenvalue weighted by molar-refractivity contribution is 0.0735. The van der Waals surface area contributed by atoms with E-state index >= 15 is 0 Å². The minimum atomic E-state index is -0.488. The molecule has 4 nitrogen and oxygen atoms in total. The highest BCUT2D eigenvalue weighted by Gasteiger charge is 2.27. The van der Waals surface area contributed by atoms with Crippen LogP contribution in [-0.2, 0) is 6.54 Å². The molecule has 30 heavy (non-hydrogen) atoms. The molecule has 0 radical (unpaired) electrons. The van der Waals surface area contributed by atoms with Crippen molar-refractivity contribution in [3.63, 3.8) is 0 Å². The van der Waals surface area contributed by atoms with Gasteiger partial charge in [0.05, 0.1) is 7.11 Å². The van der Waals surface area contributed by atoms with Crippen LogP contribution in [0, 0.1) is 11.7 Å². The minimum Gasteiger partial charge on any atom is -0.490 e. The number of amides is 1.